The number of thioether (sulfide) groups is 1. The third-order valence-corrected chi connectivity index (χ3v) is 3.32. The summed E-state index contributed by atoms with van der Waals surface area (Å²) in [6, 6.07) is -0.854. The first-order valence-corrected chi connectivity index (χ1v) is 4.58. The molecule has 0 aliphatic carbocycles. The molecule has 0 spiro atoms. The lowest BCUT2D eigenvalue weighted by Crippen LogP contribution is -2.57. The summed E-state index contributed by atoms with van der Waals surface area (Å²) in [4.78, 5) is 0. The molecule has 1 rings (SSSR count). The van der Waals surface area contributed by atoms with Gasteiger partial charge in [0.25, 0.3) is 0 Å². The van der Waals surface area contributed by atoms with E-state index in [1.54, 1.807) is 0 Å². The lowest BCUT2D eigenvalue weighted by Gasteiger charge is -2.37. The van der Waals surface area contributed by atoms with Crippen LogP contribution in [0.4, 0.5) is 0 Å². The molecule has 1 fully saturated rings. The normalized spacial score (nSPS) is 49.2. The van der Waals surface area contributed by atoms with Gasteiger partial charge in [0.15, 0.2) is 0 Å². The number of aliphatic hydroxyl groups is 4. The number of hydrogen-bond donors (Lipinski definition) is 5. The summed E-state index contributed by atoms with van der Waals surface area (Å²) in [5.74, 6) is 0. The van der Waals surface area contributed by atoms with Gasteiger partial charge in [-0.1, -0.05) is 0 Å². The standard InChI is InChI=1S/C6H13NO4S/c7-3-5(10)4(9)2(1-8)12-6(3)11/h2-6,8-11H,1,7H2/t2-,3-,4-,5-,6?/m1/s1. The van der Waals surface area contributed by atoms with Gasteiger partial charge in [-0.15, -0.1) is 11.8 Å². The Balaban J connectivity index is 2.63. The molecule has 1 unspecified atom stereocenters. The van der Waals surface area contributed by atoms with Crippen molar-refractivity contribution < 1.29 is 20.4 Å². The zero-order chi connectivity index (χ0) is 9.30. The van der Waals surface area contributed by atoms with Crippen molar-refractivity contribution in [3.8, 4) is 0 Å². The van der Waals surface area contributed by atoms with Crippen molar-refractivity contribution in [3.63, 3.8) is 0 Å². The lowest BCUT2D eigenvalue weighted by molar-refractivity contribution is -0.0279. The molecule has 5 atom stereocenters. The van der Waals surface area contributed by atoms with Crippen LogP contribution in [0.5, 0.6) is 0 Å². The predicted octanol–water partition coefficient (Wildman–Crippen LogP) is -2.54. The Morgan fingerprint density at radius 2 is 1.75 bits per heavy atom. The molecule has 0 bridgehead atoms. The van der Waals surface area contributed by atoms with Crippen molar-refractivity contribution in [2.45, 2.75) is 28.9 Å². The van der Waals surface area contributed by atoms with Gasteiger partial charge in [0.2, 0.25) is 0 Å². The van der Waals surface area contributed by atoms with E-state index in [0.29, 0.717) is 0 Å². The zero-order valence-electron chi connectivity index (χ0n) is 6.37. The third kappa shape index (κ3) is 1.73. The Kier molecular flexibility index (Phi) is 3.33. The van der Waals surface area contributed by atoms with Crippen LogP contribution in [0.3, 0.4) is 0 Å². The molecular formula is C6H13NO4S. The van der Waals surface area contributed by atoms with Gasteiger partial charge in [0.05, 0.1) is 30.1 Å². The maximum atomic E-state index is 9.30. The summed E-state index contributed by atoms with van der Waals surface area (Å²) in [6.45, 7) is -0.285. The van der Waals surface area contributed by atoms with Crippen LogP contribution in [0, 0.1) is 0 Å². The number of rotatable bonds is 1. The summed E-state index contributed by atoms with van der Waals surface area (Å²) in [5, 5.41) is 36.0. The van der Waals surface area contributed by atoms with Crippen LogP contribution in [-0.4, -0.2) is 56.0 Å². The average Bonchev–Trinajstić information content (AvgIpc) is 2.08. The van der Waals surface area contributed by atoms with Gasteiger partial charge >= 0.3 is 0 Å². The average molecular weight is 195 g/mol. The second kappa shape index (κ2) is 3.91. The molecule has 0 aromatic carbocycles. The molecule has 0 radical (unpaired) electrons. The fourth-order valence-corrected chi connectivity index (χ4v) is 2.23. The fourth-order valence-electron chi connectivity index (χ4n) is 1.12. The molecule has 6 heteroatoms. The SMILES string of the molecule is N[C@H]1C(O)S[C@H](CO)[C@@H](O)[C@@H]1O. The molecule has 6 N–H and O–H groups in total. The van der Waals surface area contributed by atoms with E-state index in [-0.39, 0.29) is 6.61 Å². The van der Waals surface area contributed by atoms with Crippen molar-refractivity contribution in [2.75, 3.05) is 6.61 Å². The highest BCUT2D eigenvalue weighted by atomic mass is 32.2. The van der Waals surface area contributed by atoms with E-state index in [1.807, 2.05) is 0 Å². The van der Waals surface area contributed by atoms with Crippen molar-refractivity contribution >= 4 is 11.8 Å². The monoisotopic (exact) mass is 195 g/mol. The number of nitrogens with two attached hydrogens (primary N) is 1. The molecule has 72 valence electrons. The van der Waals surface area contributed by atoms with Crippen LogP contribution in [0.15, 0.2) is 0 Å². The summed E-state index contributed by atoms with van der Waals surface area (Å²) in [6.07, 6.45) is -2.24. The zero-order valence-corrected chi connectivity index (χ0v) is 7.18. The van der Waals surface area contributed by atoms with Crippen molar-refractivity contribution in [2.24, 2.45) is 5.73 Å². The van der Waals surface area contributed by atoms with Crippen LogP contribution in [0.1, 0.15) is 0 Å². The second-order valence-corrected chi connectivity index (χ2v) is 4.17. The minimum absolute atomic E-state index is 0.285. The first kappa shape index (κ1) is 10.2. The van der Waals surface area contributed by atoms with E-state index in [2.05, 4.69) is 0 Å². The minimum Gasteiger partial charge on any atom is -0.395 e. The summed E-state index contributed by atoms with van der Waals surface area (Å²) in [7, 11) is 0. The van der Waals surface area contributed by atoms with E-state index in [4.69, 9.17) is 10.8 Å². The van der Waals surface area contributed by atoms with Crippen LogP contribution in [-0.2, 0) is 0 Å². The molecule has 0 amide bonds. The molecule has 0 saturated carbocycles. The van der Waals surface area contributed by atoms with Crippen molar-refractivity contribution in [1.29, 1.82) is 0 Å². The minimum atomic E-state index is -1.17. The third-order valence-electron chi connectivity index (χ3n) is 1.95. The highest BCUT2D eigenvalue weighted by molar-refractivity contribution is 8.00. The Bertz CT molecular complexity index is 154. The largest absolute Gasteiger partial charge is 0.395 e. The lowest BCUT2D eigenvalue weighted by atomic mass is 10.0. The molecule has 1 aliphatic heterocycles. The van der Waals surface area contributed by atoms with Crippen molar-refractivity contribution in [1.82, 2.24) is 0 Å². The van der Waals surface area contributed by atoms with Gasteiger partial charge in [0.1, 0.15) is 5.44 Å². The predicted molar refractivity (Wildman–Crippen MR) is 44.5 cm³/mol. The van der Waals surface area contributed by atoms with E-state index >= 15 is 0 Å². The fraction of sp³-hybridized carbons (Fsp3) is 1.00. The van der Waals surface area contributed by atoms with Gasteiger partial charge in [-0.3, -0.25) is 0 Å². The molecule has 1 saturated heterocycles. The summed E-state index contributed by atoms with van der Waals surface area (Å²) in [5.41, 5.74) is 4.44. The number of aliphatic hydroxyl groups excluding tert-OH is 4. The number of hydrogen-bond acceptors (Lipinski definition) is 6. The Labute approximate surface area is 74.2 Å². The van der Waals surface area contributed by atoms with Crippen LogP contribution in [0.2, 0.25) is 0 Å². The topological polar surface area (TPSA) is 107 Å². The first-order valence-electron chi connectivity index (χ1n) is 3.64. The highest BCUT2D eigenvalue weighted by Gasteiger charge is 2.41. The molecule has 0 aromatic rings. The first-order chi connectivity index (χ1) is 5.57. The van der Waals surface area contributed by atoms with Gasteiger partial charge < -0.3 is 26.2 Å². The molecular weight excluding hydrogens is 182 g/mol. The Morgan fingerprint density at radius 3 is 2.25 bits per heavy atom. The summed E-state index contributed by atoms with van der Waals surface area (Å²) >= 11 is 0.977. The van der Waals surface area contributed by atoms with E-state index < -0.39 is 28.9 Å². The smallest absolute Gasteiger partial charge is 0.117 e. The Morgan fingerprint density at radius 1 is 1.17 bits per heavy atom. The van der Waals surface area contributed by atoms with Crippen LogP contribution >= 0.6 is 11.8 Å². The quantitative estimate of drug-likeness (QED) is 0.316. The molecule has 1 aliphatic rings. The maximum absolute atomic E-state index is 9.30. The van der Waals surface area contributed by atoms with Gasteiger partial charge in [-0.05, 0) is 0 Å². The van der Waals surface area contributed by atoms with Crippen molar-refractivity contribution in [3.05, 3.63) is 0 Å². The van der Waals surface area contributed by atoms with Crippen LogP contribution < -0.4 is 5.73 Å². The molecule has 1 heterocycles. The highest BCUT2D eigenvalue weighted by Crippen LogP contribution is 2.29. The van der Waals surface area contributed by atoms with Crippen LogP contribution in [0.25, 0.3) is 0 Å². The molecule has 5 nitrogen and oxygen atoms in total. The maximum Gasteiger partial charge on any atom is 0.117 e. The molecule has 12 heavy (non-hydrogen) atoms. The summed E-state index contributed by atoms with van der Waals surface area (Å²) < 4.78 is 0. The van der Waals surface area contributed by atoms with Gasteiger partial charge in [-0.25, -0.2) is 0 Å². The van der Waals surface area contributed by atoms with Gasteiger partial charge in [0, 0.05) is 0 Å². The van der Waals surface area contributed by atoms with E-state index in [9.17, 15) is 15.3 Å². The van der Waals surface area contributed by atoms with Gasteiger partial charge in [-0.2, -0.15) is 0 Å². The Hall–Kier alpha value is 0.150. The van der Waals surface area contributed by atoms with E-state index in [1.165, 1.54) is 0 Å². The second-order valence-electron chi connectivity index (χ2n) is 2.81. The van der Waals surface area contributed by atoms with E-state index in [0.717, 1.165) is 11.8 Å². The molecule has 0 aromatic heterocycles.